The van der Waals surface area contributed by atoms with E-state index in [0.29, 0.717) is 44.5 Å². The van der Waals surface area contributed by atoms with Gasteiger partial charge in [0.25, 0.3) is 0 Å². The molecule has 3 rings (SSSR count). The molecule has 2 aromatic rings. The van der Waals surface area contributed by atoms with Crippen molar-refractivity contribution < 1.29 is 72.5 Å². The quantitative estimate of drug-likeness (QED) is 0.0166. The number of hydrogen-bond donors (Lipinski definition) is 21. The summed E-state index contributed by atoms with van der Waals surface area (Å²) in [7, 11) is 0. The van der Waals surface area contributed by atoms with E-state index in [9.17, 15) is 72.5 Å². The fourth-order valence-corrected chi connectivity index (χ4v) is 10.0. The molecule has 0 saturated carbocycles. The molecule has 0 aliphatic carbocycles. The van der Waals surface area contributed by atoms with Gasteiger partial charge in [-0.25, -0.2) is 0 Å². The molecule has 0 aromatic heterocycles. The molecule has 554 valence electrons. The number of nitrogens with zero attached hydrogens (tertiary/aromatic N) is 3. The molecule has 1 aliphatic heterocycles. The van der Waals surface area contributed by atoms with E-state index >= 15 is 0 Å². The number of fused-ring (bicyclic) bond motifs is 1. The second-order valence-electron chi connectivity index (χ2n) is 23.9. The molecule has 0 unspecified atom stereocenters. The van der Waals surface area contributed by atoms with E-state index in [-0.39, 0.29) is 89.5 Å². The predicted molar refractivity (Wildman–Crippen MR) is 367 cm³/mol. The summed E-state index contributed by atoms with van der Waals surface area (Å²) < 4.78 is 0. The second kappa shape index (κ2) is 45.5. The number of aliphatic imine (C=N–C) groups is 2. The van der Waals surface area contributed by atoms with Crippen LogP contribution in [0.1, 0.15) is 102 Å². The van der Waals surface area contributed by atoms with E-state index in [4.69, 9.17) is 40.1 Å². The molecule has 100 heavy (non-hydrogen) atoms. The average Bonchev–Trinajstić information content (AvgIpc) is 0.948. The third kappa shape index (κ3) is 32.5. The number of carbonyl (C=O) groups is 13. The van der Waals surface area contributed by atoms with E-state index in [1.807, 2.05) is 29.2 Å². The van der Waals surface area contributed by atoms with Crippen LogP contribution in [-0.4, -0.2) is 230 Å². The lowest BCUT2D eigenvalue weighted by molar-refractivity contribution is -0.136. The zero-order valence-electron chi connectivity index (χ0n) is 56.8. The summed E-state index contributed by atoms with van der Waals surface area (Å²) in [5, 5.41) is 50.4. The minimum absolute atomic E-state index is 0.0216. The predicted octanol–water partition coefficient (Wildman–Crippen LogP) is -8.74. The van der Waals surface area contributed by atoms with Crippen molar-refractivity contribution in [1.29, 1.82) is 0 Å². The molecule has 2 aromatic carbocycles. The Morgan fingerprint density at radius 2 is 0.900 bits per heavy atom. The number of rotatable bonds is 46. The second-order valence-corrected chi connectivity index (χ2v) is 23.9. The van der Waals surface area contributed by atoms with Gasteiger partial charge in [-0.15, -0.1) is 0 Å². The number of hydrogen-bond acceptors (Lipinski definition) is 20. The van der Waals surface area contributed by atoms with Crippen molar-refractivity contribution in [2.45, 2.75) is 165 Å². The van der Waals surface area contributed by atoms with Gasteiger partial charge >= 0.3 is 0 Å². The molecule has 0 spiro atoms. The van der Waals surface area contributed by atoms with Crippen LogP contribution in [0.3, 0.4) is 0 Å². The van der Waals surface area contributed by atoms with E-state index < -0.39 is 164 Å². The van der Waals surface area contributed by atoms with E-state index in [2.05, 4.69) is 73.8 Å². The molecular formula is C63H102N22O15. The standard InChI is InChI=1S/C63H102N22O15/c1-36(76-49(89)32-75-61(100)52(38(3)87)84-59(98)46(29-39-15-5-4-6-16-39)78-50(90)31-73-48(88)30-74-51(91)34-85-28-23-40-17-7-8-18-41(40)33-85)54(93)80-45(22-14-27-72-63(69)70)57(96)82-43(20-10-12-25-65)58(97)83-47(35-86)60(99)77-37(2)55(94)81-44(21-13-26-71-62(67)68)56(95)79-42(53(66)92)19-9-11-24-64/h4-8,15-18,36-38,42-47,52,86-87H,9-14,19-35,64-65H2,1-3H3,(H2,66,92)(H,73,88)(H,74,91)(H,75,100)(H,76,89)(H,77,99)(H,78,90)(H,79,95)(H,80,93)(H,81,94)(H,82,96)(H,83,97)(H,84,98)(H4,67,68,71)(H4,69,70,72)/t36-,37-,38+,42-,43-,44-,45-,46-,47-,52+/m0/s1. The monoisotopic (exact) mass is 1410 g/mol. The number of amides is 13. The molecule has 37 nitrogen and oxygen atoms in total. The number of primary amides is 1. The van der Waals surface area contributed by atoms with Gasteiger partial charge in [-0.05, 0) is 121 Å². The van der Waals surface area contributed by atoms with Gasteiger partial charge in [0.05, 0.1) is 38.9 Å². The van der Waals surface area contributed by atoms with Gasteiger partial charge in [0.15, 0.2) is 11.9 Å². The zero-order chi connectivity index (χ0) is 74.3. The lowest BCUT2D eigenvalue weighted by atomic mass is 10.00. The molecule has 1 heterocycles. The molecule has 1 aliphatic rings. The van der Waals surface area contributed by atoms with Gasteiger partial charge in [-0.2, -0.15) is 0 Å². The molecule has 0 radical (unpaired) electrons. The number of carbonyl (C=O) groups excluding carboxylic acids is 13. The van der Waals surface area contributed by atoms with Crippen LogP contribution in [0.4, 0.5) is 0 Å². The summed E-state index contributed by atoms with van der Waals surface area (Å²) >= 11 is 0. The van der Waals surface area contributed by atoms with Crippen molar-refractivity contribution in [2.75, 3.05) is 65.5 Å². The smallest absolute Gasteiger partial charge is 0.245 e. The van der Waals surface area contributed by atoms with E-state index in [0.717, 1.165) is 12.0 Å². The van der Waals surface area contributed by atoms with Crippen LogP contribution in [0.25, 0.3) is 0 Å². The minimum atomic E-state index is -1.73. The highest BCUT2D eigenvalue weighted by atomic mass is 16.3. The van der Waals surface area contributed by atoms with Gasteiger partial charge in [-0.3, -0.25) is 77.2 Å². The van der Waals surface area contributed by atoms with Crippen molar-refractivity contribution in [2.24, 2.45) is 50.1 Å². The average molecular weight is 1410 g/mol. The number of guanidine groups is 2. The third-order valence-corrected chi connectivity index (χ3v) is 15.6. The van der Waals surface area contributed by atoms with Crippen LogP contribution < -0.4 is 104 Å². The zero-order valence-corrected chi connectivity index (χ0v) is 56.8. The van der Waals surface area contributed by atoms with Crippen LogP contribution in [0.15, 0.2) is 64.6 Å². The van der Waals surface area contributed by atoms with Crippen LogP contribution in [-0.2, 0) is 81.7 Å². The van der Waals surface area contributed by atoms with Gasteiger partial charge in [-0.1, -0.05) is 54.6 Å². The molecule has 13 amide bonds. The third-order valence-electron chi connectivity index (χ3n) is 15.6. The Morgan fingerprint density at radius 1 is 0.460 bits per heavy atom. The molecule has 37 heteroatoms. The Labute approximate surface area is 579 Å². The molecule has 10 atom stereocenters. The van der Waals surface area contributed by atoms with Crippen molar-refractivity contribution in [3.05, 3.63) is 71.3 Å². The van der Waals surface area contributed by atoms with Crippen LogP contribution in [0.5, 0.6) is 0 Å². The van der Waals surface area contributed by atoms with Crippen molar-refractivity contribution in [3.8, 4) is 0 Å². The summed E-state index contributed by atoms with van der Waals surface area (Å²) in [6.45, 7) is 2.67. The summed E-state index contributed by atoms with van der Waals surface area (Å²) in [5.74, 6) is -11.7. The van der Waals surface area contributed by atoms with Crippen LogP contribution >= 0.6 is 0 Å². The Kier molecular flexibility index (Phi) is 38.2. The molecule has 0 bridgehead atoms. The maximum Gasteiger partial charge on any atom is 0.245 e. The Morgan fingerprint density at radius 3 is 1.43 bits per heavy atom. The number of benzene rings is 2. The summed E-state index contributed by atoms with van der Waals surface area (Å²) in [6, 6.07) is 3.45. The number of aliphatic hydroxyl groups excluding tert-OH is 2. The number of aliphatic hydroxyl groups is 2. The van der Waals surface area contributed by atoms with Gasteiger partial charge in [0, 0.05) is 32.6 Å². The largest absolute Gasteiger partial charge is 0.394 e. The number of nitrogens with two attached hydrogens (primary N) is 7. The maximum absolute atomic E-state index is 14.1. The fourth-order valence-electron chi connectivity index (χ4n) is 10.0. The SMILES string of the molecule is C[C@H](NC(=O)CNC(=O)[C@H](NC(=O)[C@H](Cc1ccccc1)NC(=O)CNC(=O)CNC(=O)CN1CCc2ccccc2C1)[C@@H](C)O)C(=O)N[C@@H](CCCN=C(N)N)C(=O)N[C@@H](CCCCN)C(=O)N[C@@H](CO)C(=O)N[C@@H](C)C(=O)N[C@@H](CCCN=C(N)N)C(=O)N[C@@H](CCCCN)C(N)=O. The first kappa shape index (κ1) is 84.1. The van der Waals surface area contributed by atoms with Crippen molar-refractivity contribution >= 4 is 88.7 Å². The van der Waals surface area contributed by atoms with Crippen LogP contribution in [0.2, 0.25) is 0 Å². The van der Waals surface area contributed by atoms with Gasteiger partial charge < -0.3 is 114 Å². The minimum Gasteiger partial charge on any atom is -0.394 e. The maximum atomic E-state index is 14.1. The summed E-state index contributed by atoms with van der Waals surface area (Å²) in [5.41, 5.74) is 41.6. The lowest BCUT2D eigenvalue weighted by Crippen LogP contribution is -2.60. The fraction of sp³-hybridized carbons (Fsp3) is 0.571. The highest BCUT2D eigenvalue weighted by molar-refractivity contribution is 5.99. The molecular weight excluding hydrogens is 1300 g/mol. The van der Waals surface area contributed by atoms with Crippen molar-refractivity contribution in [3.63, 3.8) is 0 Å². The highest BCUT2D eigenvalue weighted by Gasteiger charge is 2.35. The number of nitrogens with one attached hydrogen (secondary N) is 12. The first-order valence-electron chi connectivity index (χ1n) is 33.0. The summed E-state index contributed by atoms with van der Waals surface area (Å²) in [6.07, 6.45) is 0.854. The van der Waals surface area contributed by atoms with E-state index in [1.165, 1.54) is 26.3 Å². The van der Waals surface area contributed by atoms with E-state index in [1.54, 1.807) is 30.3 Å². The van der Waals surface area contributed by atoms with Gasteiger partial charge in [0.2, 0.25) is 76.8 Å². The Balaban J connectivity index is 1.65. The molecule has 28 N–H and O–H groups in total. The van der Waals surface area contributed by atoms with Crippen LogP contribution in [0, 0.1) is 0 Å². The van der Waals surface area contributed by atoms with Crippen molar-refractivity contribution in [1.82, 2.24) is 68.7 Å². The van der Waals surface area contributed by atoms with Gasteiger partial charge in [0.1, 0.15) is 54.4 Å². The molecule has 0 fully saturated rings. The Bertz CT molecular complexity index is 3120. The number of unbranched alkanes of at least 4 members (excludes halogenated alkanes) is 2. The summed E-state index contributed by atoms with van der Waals surface area (Å²) in [4.78, 5) is 184. The first-order valence-corrected chi connectivity index (χ1v) is 33.0. The normalized spacial score (nSPS) is 14.7. The first-order chi connectivity index (χ1) is 47.5. The highest BCUT2D eigenvalue weighted by Crippen LogP contribution is 2.18. The Hall–Kier alpha value is -10.1. The topological polar surface area (TPSA) is 617 Å². The molecule has 0 saturated heterocycles. The lowest BCUT2D eigenvalue weighted by Gasteiger charge is -2.28.